The van der Waals surface area contributed by atoms with Crippen LogP contribution in [0.4, 0.5) is 0 Å². The zero-order valence-electron chi connectivity index (χ0n) is 20.2. The van der Waals surface area contributed by atoms with E-state index in [1.54, 1.807) is 0 Å². The number of fused-ring (bicyclic) bond motifs is 1. The molecule has 2 aliphatic rings. The first-order valence-electron chi connectivity index (χ1n) is 12.3. The molecule has 0 bridgehead atoms. The number of morpholine rings is 1. The zero-order valence-corrected chi connectivity index (χ0v) is 20.2. The van der Waals surface area contributed by atoms with Crippen molar-refractivity contribution in [1.29, 1.82) is 0 Å². The molecule has 0 atom stereocenters. The van der Waals surface area contributed by atoms with E-state index in [9.17, 15) is 4.79 Å². The SMILES string of the molecule is CC#CCN1CCC(NC(=O)c2n[nH]c3ccc(-c4cncc(CN5CCOCC5)c4)cc23)CC1. The molecule has 1 amide bonds. The van der Waals surface area contributed by atoms with Crippen molar-refractivity contribution in [2.45, 2.75) is 32.4 Å². The van der Waals surface area contributed by atoms with E-state index < -0.39 is 0 Å². The first-order chi connectivity index (χ1) is 17.2. The van der Waals surface area contributed by atoms with E-state index in [4.69, 9.17) is 4.74 Å². The van der Waals surface area contributed by atoms with Gasteiger partial charge in [-0.2, -0.15) is 5.10 Å². The Balaban J connectivity index is 1.29. The Morgan fingerprint density at radius 2 is 1.94 bits per heavy atom. The maximum absolute atomic E-state index is 13.1. The van der Waals surface area contributed by atoms with E-state index in [1.165, 1.54) is 5.56 Å². The number of nitrogens with zero attached hydrogens (tertiary/aromatic N) is 4. The first kappa shape index (κ1) is 23.5. The van der Waals surface area contributed by atoms with Gasteiger partial charge in [0.1, 0.15) is 0 Å². The molecule has 3 aromatic rings. The van der Waals surface area contributed by atoms with Gasteiger partial charge in [-0.05, 0) is 49.1 Å². The van der Waals surface area contributed by atoms with Crippen LogP contribution in [0.3, 0.4) is 0 Å². The molecule has 2 aliphatic heterocycles. The minimum absolute atomic E-state index is 0.126. The number of pyridine rings is 1. The van der Waals surface area contributed by atoms with Crippen molar-refractivity contribution in [2.24, 2.45) is 0 Å². The maximum Gasteiger partial charge on any atom is 0.272 e. The fraction of sp³-hybridized carbons (Fsp3) is 0.444. The topological polar surface area (TPSA) is 86.4 Å². The smallest absolute Gasteiger partial charge is 0.272 e. The molecule has 5 rings (SSSR count). The molecule has 8 nitrogen and oxygen atoms in total. The summed E-state index contributed by atoms with van der Waals surface area (Å²) in [4.78, 5) is 22.3. The van der Waals surface area contributed by atoms with Gasteiger partial charge in [-0.15, -0.1) is 5.92 Å². The summed E-state index contributed by atoms with van der Waals surface area (Å²) in [5.41, 5.74) is 4.52. The quantitative estimate of drug-likeness (QED) is 0.537. The van der Waals surface area contributed by atoms with Crippen molar-refractivity contribution >= 4 is 16.8 Å². The van der Waals surface area contributed by atoms with Crippen LogP contribution in [0.25, 0.3) is 22.0 Å². The highest BCUT2D eigenvalue weighted by atomic mass is 16.5. The molecule has 0 saturated carbocycles. The fourth-order valence-corrected chi connectivity index (χ4v) is 4.80. The number of ether oxygens (including phenoxy) is 1. The standard InChI is InChI=1S/C27H32N6O2/c1-2-3-8-32-9-6-23(7-10-32)29-27(34)26-24-16-21(4-5-25(24)30-31-26)22-15-20(17-28-18-22)19-33-11-13-35-14-12-33/h4-5,15-18,23H,6-14,19H2,1H3,(H,29,34)(H,30,31). The summed E-state index contributed by atoms with van der Waals surface area (Å²) in [6.45, 7) is 8.85. The number of likely N-dealkylation sites (tertiary alicyclic amines) is 1. The Hall–Kier alpha value is -3.25. The predicted octanol–water partition coefficient (Wildman–Crippen LogP) is 2.67. The van der Waals surface area contributed by atoms with Crippen LogP contribution in [0.5, 0.6) is 0 Å². The summed E-state index contributed by atoms with van der Waals surface area (Å²) >= 11 is 0. The van der Waals surface area contributed by atoms with Gasteiger partial charge in [-0.1, -0.05) is 12.0 Å². The third kappa shape index (κ3) is 5.70. The van der Waals surface area contributed by atoms with Crippen LogP contribution in [0, 0.1) is 11.8 Å². The minimum atomic E-state index is -0.126. The highest BCUT2D eigenvalue weighted by Gasteiger charge is 2.23. The highest BCUT2D eigenvalue weighted by Crippen LogP contribution is 2.26. The predicted molar refractivity (Wildman–Crippen MR) is 136 cm³/mol. The Bertz CT molecular complexity index is 1230. The lowest BCUT2D eigenvalue weighted by molar-refractivity contribution is 0.0341. The molecule has 0 spiro atoms. The third-order valence-electron chi connectivity index (χ3n) is 6.82. The number of aromatic nitrogens is 3. The molecule has 2 N–H and O–H groups in total. The Kier molecular flexibility index (Phi) is 7.38. The number of benzene rings is 1. The van der Waals surface area contributed by atoms with Gasteiger partial charge < -0.3 is 10.1 Å². The Morgan fingerprint density at radius 3 is 2.74 bits per heavy atom. The number of aromatic amines is 1. The van der Waals surface area contributed by atoms with Gasteiger partial charge in [0, 0.05) is 62.1 Å². The largest absolute Gasteiger partial charge is 0.379 e. The fourth-order valence-electron chi connectivity index (χ4n) is 4.80. The van der Waals surface area contributed by atoms with Gasteiger partial charge in [0.2, 0.25) is 0 Å². The summed E-state index contributed by atoms with van der Waals surface area (Å²) in [5.74, 6) is 5.94. The van der Waals surface area contributed by atoms with Crippen molar-refractivity contribution in [3.05, 3.63) is 47.9 Å². The number of nitrogens with one attached hydrogen (secondary N) is 2. The summed E-state index contributed by atoms with van der Waals surface area (Å²) in [6.07, 6.45) is 5.65. The van der Waals surface area contributed by atoms with Crippen LogP contribution in [-0.2, 0) is 11.3 Å². The number of carbonyl (C=O) groups is 1. The summed E-state index contributed by atoms with van der Waals surface area (Å²) in [7, 11) is 0. The third-order valence-corrected chi connectivity index (χ3v) is 6.82. The monoisotopic (exact) mass is 472 g/mol. The molecule has 35 heavy (non-hydrogen) atoms. The van der Waals surface area contributed by atoms with E-state index in [2.05, 4.69) is 48.2 Å². The number of hydrogen-bond donors (Lipinski definition) is 2. The molecular formula is C27H32N6O2. The molecule has 2 saturated heterocycles. The van der Waals surface area contributed by atoms with E-state index in [0.29, 0.717) is 5.69 Å². The number of H-pyrrole nitrogens is 1. The van der Waals surface area contributed by atoms with Gasteiger partial charge in [0.25, 0.3) is 5.91 Å². The molecule has 8 heteroatoms. The van der Waals surface area contributed by atoms with Crippen LogP contribution in [0.15, 0.2) is 36.7 Å². The number of rotatable bonds is 6. The van der Waals surface area contributed by atoms with Crippen LogP contribution < -0.4 is 5.32 Å². The van der Waals surface area contributed by atoms with E-state index in [-0.39, 0.29) is 11.9 Å². The zero-order chi connectivity index (χ0) is 24.0. The van der Waals surface area contributed by atoms with Crippen molar-refractivity contribution in [3.63, 3.8) is 0 Å². The molecule has 0 aliphatic carbocycles. The molecule has 182 valence electrons. The van der Waals surface area contributed by atoms with E-state index in [0.717, 1.165) is 87.4 Å². The average Bonchev–Trinajstić information content (AvgIpc) is 3.33. The number of hydrogen-bond acceptors (Lipinski definition) is 6. The lowest BCUT2D eigenvalue weighted by atomic mass is 10.0. The van der Waals surface area contributed by atoms with Crippen molar-refractivity contribution in [2.75, 3.05) is 45.9 Å². The lowest BCUT2D eigenvalue weighted by Crippen LogP contribution is -2.44. The second-order valence-electron chi connectivity index (χ2n) is 9.25. The van der Waals surface area contributed by atoms with Gasteiger partial charge in [0.15, 0.2) is 5.69 Å². The second-order valence-corrected chi connectivity index (χ2v) is 9.25. The molecular weight excluding hydrogens is 440 g/mol. The number of carbonyl (C=O) groups excluding carboxylic acids is 1. The minimum Gasteiger partial charge on any atom is -0.379 e. The molecule has 2 aromatic heterocycles. The maximum atomic E-state index is 13.1. The van der Waals surface area contributed by atoms with Crippen molar-refractivity contribution in [1.82, 2.24) is 30.3 Å². The van der Waals surface area contributed by atoms with Crippen LogP contribution >= 0.6 is 0 Å². The summed E-state index contributed by atoms with van der Waals surface area (Å²) < 4.78 is 5.46. The summed E-state index contributed by atoms with van der Waals surface area (Å²) in [6, 6.07) is 8.41. The normalized spacial score (nSPS) is 17.7. The van der Waals surface area contributed by atoms with Crippen molar-refractivity contribution < 1.29 is 9.53 Å². The molecule has 0 radical (unpaired) electrons. The molecule has 4 heterocycles. The van der Waals surface area contributed by atoms with Crippen LogP contribution in [-0.4, -0.2) is 82.9 Å². The van der Waals surface area contributed by atoms with Gasteiger partial charge in [-0.25, -0.2) is 0 Å². The lowest BCUT2D eigenvalue weighted by Gasteiger charge is -2.30. The highest BCUT2D eigenvalue weighted by molar-refractivity contribution is 6.05. The van der Waals surface area contributed by atoms with Crippen LogP contribution in [0.2, 0.25) is 0 Å². The average molecular weight is 473 g/mol. The first-order valence-corrected chi connectivity index (χ1v) is 12.3. The molecule has 0 unspecified atom stereocenters. The van der Waals surface area contributed by atoms with Crippen LogP contribution in [0.1, 0.15) is 35.8 Å². The van der Waals surface area contributed by atoms with Crippen molar-refractivity contribution in [3.8, 4) is 23.0 Å². The van der Waals surface area contributed by atoms with Gasteiger partial charge in [0.05, 0.1) is 25.3 Å². The summed E-state index contributed by atoms with van der Waals surface area (Å²) in [5, 5.41) is 11.4. The van der Waals surface area contributed by atoms with E-state index in [1.807, 2.05) is 37.5 Å². The number of piperidine rings is 1. The Labute approximate surface area is 206 Å². The molecule has 1 aromatic carbocycles. The number of amides is 1. The second kappa shape index (κ2) is 11.0. The Morgan fingerprint density at radius 1 is 1.11 bits per heavy atom. The van der Waals surface area contributed by atoms with Gasteiger partial charge >= 0.3 is 0 Å². The van der Waals surface area contributed by atoms with Gasteiger partial charge in [-0.3, -0.25) is 24.7 Å². The molecule has 2 fully saturated rings. The van der Waals surface area contributed by atoms with E-state index >= 15 is 0 Å².